The van der Waals surface area contributed by atoms with Gasteiger partial charge in [-0.3, -0.25) is 4.79 Å². The van der Waals surface area contributed by atoms with E-state index < -0.39 is 10.0 Å². The molecule has 1 heterocycles. The highest BCUT2D eigenvalue weighted by Gasteiger charge is 2.33. The summed E-state index contributed by atoms with van der Waals surface area (Å²) in [6.45, 7) is 2.88. The fraction of sp³-hybridized carbons (Fsp3) is 0.500. The Balaban J connectivity index is 2.11. The van der Waals surface area contributed by atoms with Crippen molar-refractivity contribution in [3.63, 3.8) is 0 Å². The van der Waals surface area contributed by atoms with E-state index >= 15 is 0 Å². The number of nitrogens with two attached hydrogens (primary N) is 1. The molecule has 6 nitrogen and oxygen atoms in total. The van der Waals surface area contributed by atoms with Crippen molar-refractivity contribution in [2.45, 2.75) is 19.8 Å². The summed E-state index contributed by atoms with van der Waals surface area (Å²) in [6.07, 6.45) is 1.04. The van der Waals surface area contributed by atoms with Gasteiger partial charge < -0.3 is 9.64 Å². The minimum atomic E-state index is -3.59. The van der Waals surface area contributed by atoms with Crippen LogP contribution in [0, 0.1) is 5.92 Å². The molecule has 2 N–H and O–H groups in total. The molecule has 1 saturated heterocycles. The van der Waals surface area contributed by atoms with Crippen molar-refractivity contribution in [3.05, 3.63) is 23.2 Å². The quantitative estimate of drug-likeness (QED) is 0.850. The van der Waals surface area contributed by atoms with Gasteiger partial charge in [0.05, 0.1) is 17.4 Å². The summed E-state index contributed by atoms with van der Waals surface area (Å²) < 4.78 is 27.8. The number of ether oxygens (including phenoxy) is 1. The lowest BCUT2D eigenvalue weighted by molar-refractivity contribution is -0.117. The number of amides is 1. The van der Waals surface area contributed by atoms with Crippen LogP contribution < -0.4 is 14.8 Å². The standard InChI is InChI=1S/C14H19ClN2O4S/c1-2-5-21-13-4-3-11(7-12(13)15)17-8-10(6-14(17)18)9-22(16,19)20/h3-4,7,10H,2,5-6,8-9H2,1H3,(H2,16,19,20). The zero-order valence-corrected chi connectivity index (χ0v) is 13.9. The van der Waals surface area contributed by atoms with E-state index in [0.717, 1.165) is 6.42 Å². The topological polar surface area (TPSA) is 89.7 Å². The van der Waals surface area contributed by atoms with E-state index in [0.29, 0.717) is 29.6 Å². The second kappa shape index (κ2) is 6.85. The molecule has 1 fully saturated rings. The third-order valence-electron chi connectivity index (χ3n) is 3.36. The Kier molecular flexibility index (Phi) is 5.31. The minimum absolute atomic E-state index is 0.132. The largest absolute Gasteiger partial charge is 0.492 e. The number of carbonyl (C=O) groups excluding carboxylic acids is 1. The normalized spacial score (nSPS) is 18.8. The molecule has 1 atom stereocenters. The van der Waals surface area contributed by atoms with E-state index in [4.69, 9.17) is 21.5 Å². The lowest BCUT2D eigenvalue weighted by Crippen LogP contribution is -2.27. The first-order valence-electron chi connectivity index (χ1n) is 7.03. The molecule has 122 valence electrons. The first-order valence-corrected chi connectivity index (χ1v) is 9.12. The molecule has 0 spiro atoms. The van der Waals surface area contributed by atoms with Gasteiger partial charge in [0, 0.05) is 24.6 Å². The highest BCUT2D eigenvalue weighted by molar-refractivity contribution is 7.89. The minimum Gasteiger partial charge on any atom is -0.492 e. The first kappa shape index (κ1) is 17.1. The van der Waals surface area contributed by atoms with Gasteiger partial charge in [-0.05, 0) is 24.6 Å². The molecule has 0 saturated carbocycles. The van der Waals surface area contributed by atoms with Crippen molar-refractivity contribution in [3.8, 4) is 5.75 Å². The molecule has 1 amide bonds. The average molecular weight is 347 g/mol. The fourth-order valence-corrected chi connectivity index (χ4v) is 3.57. The van der Waals surface area contributed by atoms with Crippen molar-refractivity contribution in [2.24, 2.45) is 11.1 Å². The summed E-state index contributed by atoms with van der Waals surface area (Å²) >= 11 is 6.16. The van der Waals surface area contributed by atoms with E-state index in [2.05, 4.69) is 0 Å². The number of sulfonamides is 1. The molecule has 0 aromatic heterocycles. The van der Waals surface area contributed by atoms with Gasteiger partial charge in [-0.2, -0.15) is 0 Å². The molecule has 0 radical (unpaired) electrons. The Hall–Kier alpha value is -1.31. The summed E-state index contributed by atoms with van der Waals surface area (Å²) in [5.41, 5.74) is 0.635. The lowest BCUT2D eigenvalue weighted by atomic mass is 10.1. The number of hydrogen-bond acceptors (Lipinski definition) is 4. The van der Waals surface area contributed by atoms with Crippen LogP contribution in [0.5, 0.6) is 5.75 Å². The van der Waals surface area contributed by atoms with E-state index in [1.54, 1.807) is 18.2 Å². The summed E-state index contributed by atoms with van der Waals surface area (Å²) in [7, 11) is -3.59. The SMILES string of the molecule is CCCOc1ccc(N2CC(CS(N)(=O)=O)CC2=O)cc1Cl. The van der Waals surface area contributed by atoms with Crippen LogP contribution in [0.4, 0.5) is 5.69 Å². The molecule has 2 rings (SSSR count). The molecule has 0 aliphatic carbocycles. The lowest BCUT2D eigenvalue weighted by Gasteiger charge is -2.18. The molecule has 1 aliphatic heterocycles. The van der Waals surface area contributed by atoms with Crippen LogP contribution in [0.3, 0.4) is 0 Å². The average Bonchev–Trinajstić information content (AvgIpc) is 2.75. The predicted octanol–water partition coefficient (Wildman–Crippen LogP) is 1.77. The maximum absolute atomic E-state index is 12.1. The molecule has 1 aromatic carbocycles. The van der Waals surface area contributed by atoms with Crippen LogP contribution in [-0.2, 0) is 14.8 Å². The molecule has 8 heteroatoms. The van der Waals surface area contributed by atoms with E-state index in [9.17, 15) is 13.2 Å². The van der Waals surface area contributed by atoms with Crippen molar-refractivity contribution >= 4 is 33.2 Å². The predicted molar refractivity (Wildman–Crippen MR) is 85.7 cm³/mol. The summed E-state index contributed by atoms with van der Waals surface area (Å²) in [6, 6.07) is 5.12. The van der Waals surface area contributed by atoms with Crippen LogP contribution in [0.2, 0.25) is 5.02 Å². The van der Waals surface area contributed by atoms with E-state index in [1.165, 1.54) is 4.90 Å². The van der Waals surface area contributed by atoms with Crippen LogP contribution in [0.1, 0.15) is 19.8 Å². The maximum Gasteiger partial charge on any atom is 0.227 e. The number of benzene rings is 1. The number of anilines is 1. The van der Waals surface area contributed by atoms with Gasteiger partial charge in [0.2, 0.25) is 15.9 Å². The van der Waals surface area contributed by atoms with Gasteiger partial charge in [0.1, 0.15) is 5.75 Å². The molecule has 1 aromatic rings. The summed E-state index contributed by atoms with van der Waals surface area (Å²) in [4.78, 5) is 13.6. The zero-order chi connectivity index (χ0) is 16.3. The molecule has 0 bridgehead atoms. The Morgan fingerprint density at radius 1 is 1.45 bits per heavy atom. The zero-order valence-electron chi connectivity index (χ0n) is 12.3. The first-order chi connectivity index (χ1) is 10.3. The van der Waals surface area contributed by atoms with E-state index in [1.807, 2.05) is 6.92 Å². The molecule has 22 heavy (non-hydrogen) atoms. The van der Waals surface area contributed by atoms with E-state index in [-0.39, 0.29) is 24.0 Å². The Labute approximate surface area is 135 Å². The smallest absolute Gasteiger partial charge is 0.227 e. The van der Waals surface area contributed by atoms with Crippen LogP contribution in [-0.4, -0.2) is 33.2 Å². The summed E-state index contributed by atoms with van der Waals surface area (Å²) in [5, 5.41) is 5.46. The third-order valence-corrected chi connectivity index (χ3v) is 4.59. The van der Waals surface area contributed by atoms with Crippen molar-refractivity contribution in [1.29, 1.82) is 0 Å². The second-order valence-corrected chi connectivity index (χ2v) is 7.43. The van der Waals surface area contributed by atoms with Gasteiger partial charge in [-0.25, -0.2) is 13.6 Å². The number of hydrogen-bond donors (Lipinski definition) is 1. The van der Waals surface area contributed by atoms with Gasteiger partial charge in [-0.15, -0.1) is 0 Å². The fourth-order valence-electron chi connectivity index (χ4n) is 2.46. The number of primary sulfonamides is 1. The number of carbonyl (C=O) groups is 1. The summed E-state index contributed by atoms with van der Waals surface area (Å²) in [5.74, 6) is -0.0510. The highest BCUT2D eigenvalue weighted by atomic mass is 35.5. The van der Waals surface area contributed by atoms with Gasteiger partial charge >= 0.3 is 0 Å². The van der Waals surface area contributed by atoms with Crippen molar-refractivity contribution in [2.75, 3.05) is 23.8 Å². The molecule has 1 aliphatic rings. The van der Waals surface area contributed by atoms with Crippen molar-refractivity contribution in [1.82, 2.24) is 0 Å². The highest BCUT2D eigenvalue weighted by Crippen LogP contribution is 2.32. The van der Waals surface area contributed by atoms with Gasteiger partial charge in [0.15, 0.2) is 0 Å². The van der Waals surface area contributed by atoms with Crippen molar-refractivity contribution < 1.29 is 17.9 Å². The number of nitrogens with zero attached hydrogens (tertiary/aromatic N) is 1. The van der Waals surface area contributed by atoms with Gasteiger partial charge in [-0.1, -0.05) is 18.5 Å². The van der Waals surface area contributed by atoms with Crippen LogP contribution >= 0.6 is 11.6 Å². The number of rotatable bonds is 6. The number of halogens is 1. The molecule has 1 unspecified atom stereocenters. The Morgan fingerprint density at radius 2 is 2.18 bits per heavy atom. The molecular weight excluding hydrogens is 328 g/mol. The second-order valence-electron chi connectivity index (χ2n) is 5.37. The van der Waals surface area contributed by atoms with Gasteiger partial charge in [0.25, 0.3) is 0 Å². The van der Waals surface area contributed by atoms with Crippen LogP contribution in [0.25, 0.3) is 0 Å². The Bertz CT molecular complexity index is 663. The monoisotopic (exact) mass is 346 g/mol. The molecular formula is C14H19ClN2O4S. The maximum atomic E-state index is 12.1. The third kappa shape index (κ3) is 4.34. The Morgan fingerprint density at radius 3 is 2.77 bits per heavy atom. The van der Waals surface area contributed by atoms with Crippen LogP contribution in [0.15, 0.2) is 18.2 Å².